The molecule has 1 atom stereocenters. The van der Waals surface area contributed by atoms with E-state index in [9.17, 15) is 13.2 Å². The summed E-state index contributed by atoms with van der Waals surface area (Å²) in [6.45, 7) is 6.17. The van der Waals surface area contributed by atoms with Crippen LogP contribution in [0.1, 0.15) is 30.7 Å². The van der Waals surface area contributed by atoms with E-state index in [4.69, 9.17) is 0 Å². The molecule has 0 spiro atoms. The molecule has 1 aromatic carbocycles. The van der Waals surface area contributed by atoms with Crippen molar-refractivity contribution in [3.05, 3.63) is 50.6 Å². The van der Waals surface area contributed by atoms with E-state index >= 15 is 0 Å². The van der Waals surface area contributed by atoms with Crippen molar-refractivity contribution in [3.8, 4) is 0 Å². The van der Waals surface area contributed by atoms with Gasteiger partial charge in [0.1, 0.15) is 6.04 Å². The van der Waals surface area contributed by atoms with Crippen molar-refractivity contribution < 1.29 is 13.2 Å². The lowest BCUT2D eigenvalue weighted by Crippen LogP contribution is -2.47. The van der Waals surface area contributed by atoms with Crippen LogP contribution in [0.3, 0.4) is 0 Å². The maximum absolute atomic E-state index is 12.6. The van der Waals surface area contributed by atoms with E-state index in [1.54, 1.807) is 24.3 Å². The fourth-order valence-corrected chi connectivity index (χ4v) is 5.03. The first kappa shape index (κ1) is 21.1. The van der Waals surface area contributed by atoms with E-state index in [0.717, 1.165) is 14.2 Å². The van der Waals surface area contributed by atoms with Crippen LogP contribution in [0.2, 0.25) is 0 Å². The molecule has 2 aromatic rings. The Hall–Kier alpha value is -1.22. The predicted octanol–water partition coefficient (Wildman–Crippen LogP) is 3.83. The van der Waals surface area contributed by atoms with Gasteiger partial charge in [0.05, 0.1) is 15.2 Å². The van der Waals surface area contributed by atoms with Gasteiger partial charge in [-0.1, -0.05) is 31.5 Å². The number of carbonyl (C=O) groups excluding carboxylic acids is 1. The first-order chi connectivity index (χ1) is 12.2. The number of hydrogen-bond donors (Lipinski definition) is 2. The van der Waals surface area contributed by atoms with Crippen LogP contribution in [0.4, 0.5) is 0 Å². The third-order valence-electron chi connectivity index (χ3n) is 3.72. The van der Waals surface area contributed by atoms with Gasteiger partial charge < -0.3 is 5.32 Å². The van der Waals surface area contributed by atoms with Crippen LogP contribution in [0.25, 0.3) is 0 Å². The highest BCUT2D eigenvalue weighted by molar-refractivity contribution is 9.11. The van der Waals surface area contributed by atoms with Gasteiger partial charge in [0.25, 0.3) is 0 Å². The maximum Gasteiger partial charge on any atom is 0.241 e. The number of sulfonamides is 1. The van der Waals surface area contributed by atoms with Crippen molar-refractivity contribution in [1.82, 2.24) is 10.0 Å². The highest BCUT2D eigenvalue weighted by atomic mass is 79.9. The first-order valence-electron chi connectivity index (χ1n) is 8.28. The molecule has 8 heteroatoms. The minimum Gasteiger partial charge on any atom is -0.350 e. The Morgan fingerprint density at radius 2 is 1.81 bits per heavy atom. The quantitative estimate of drug-likeness (QED) is 0.630. The highest BCUT2D eigenvalue weighted by Gasteiger charge is 2.26. The minimum atomic E-state index is -3.76. The summed E-state index contributed by atoms with van der Waals surface area (Å²) in [6.07, 6.45) is 0.422. The normalized spacial score (nSPS) is 13.0. The summed E-state index contributed by atoms with van der Waals surface area (Å²) in [4.78, 5) is 13.7. The van der Waals surface area contributed by atoms with Crippen LogP contribution in [0, 0.1) is 12.8 Å². The van der Waals surface area contributed by atoms with Gasteiger partial charge in [-0.05, 0) is 59.5 Å². The average molecular weight is 459 g/mol. The highest BCUT2D eigenvalue weighted by Crippen LogP contribution is 2.22. The second-order valence-electron chi connectivity index (χ2n) is 6.54. The van der Waals surface area contributed by atoms with Gasteiger partial charge in [-0.15, -0.1) is 11.3 Å². The monoisotopic (exact) mass is 458 g/mol. The number of carbonyl (C=O) groups is 1. The Kier molecular flexibility index (Phi) is 7.40. The molecule has 2 rings (SSSR count). The van der Waals surface area contributed by atoms with Gasteiger partial charge in [0, 0.05) is 4.88 Å². The Labute approximate surface area is 167 Å². The predicted molar refractivity (Wildman–Crippen MR) is 109 cm³/mol. The zero-order chi connectivity index (χ0) is 19.3. The summed E-state index contributed by atoms with van der Waals surface area (Å²) in [5, 5.41) is 2.82. The summed E-state index contributed by atoms with van der Waals surface area (Å²) in [5.41, 5.74) is 0.975. The molecule has 0 saturated heterocycles. The van der Waals surface area contributed by atoms with Gasteiger partial charge in [0.2, 0.25) is 15.9 Å². The smallest absolute Gasteiger partial charge is 0.241 e. The average Bonchev–Trinajstić information content (AvgIpc) is 2.97. The van der Waals surface area contributed by atoms with E-state index in [-0.39, 0.29) is 16.7 Å². The van der Waals surface area contributed by atoms with Crippen LogP contribution < -0.4 is 10.0 Å². The number of halogens is 1. The van der Waals surface area contributed by atoms with Gasteiger partial charge in [-0.3, -0.25) is 4.79 Å². The Morgan fingerprint density at radius 1 is 1.15 bits per heavy atom. The fourth-order valence-electron chi connectivity index (χ4n) is 2.40. The molecule has 0 aliphatic rings. The topological polar surface area (TPSA) is 75.3 Å². The SMILES string of the molecule is Cc1ccc(S(=O)(=O)NC(CC(C)C)C(=O)NCc2ccc(Br)s2)cc1. The number of amides is 1. The van der Waals surface area contributed by atoms with Crippen LogP contribution in [0.15, 0.2) is 45.1 Å². The third-order valence-corrected chi connectivity index (χ3v) is 6.83. The summed E-state index contributed by atoms with van der Waals surface area (Å²) < 4.78 is 28.8. The first-order valence-corrected chi connectivity index (χ1v) is 11.4. The lowest BCUT2D eigenvalue weighted by Gasteiger charge is -2.20. The molecule has 1 heterocycles. The molecule has 0 aliphatic heterocycles. The van der Waals surface area contributed by atoms with E-state index in [2.05, 4.69) is 26.0 Å². The second-order valence-corrected chi connectivity index (χ2v) is 10.8. The van der Waals surface area contributed by atoms with Gasteiger partial charge in [-0.2, -0.15) is 4.72 Å². The van der Waals surface area contributed by atoms with Crippen molar-refractivity contribution in [2.45, 2.75) is 44.7 Å². The summed E-state index contributed by atoms with van der Waals surface area (Å²) >= 11 is 4.92. The third kappa shape index (κ3) is 6.19. The molecule has 2 N–H and O–H groups in total. The molecule has 1 unspecified atom stereocenters. The molecule has 0 aliphatic carbocycles. The number of hydrogen-bond acceptors (Lipinski definition) is 4. The van der Waals surface area contributed by atoms with Gasteiger partial charge in [0.15, 0.2) is 0 Å². The van der Waals surface area contributed by atoms with Crippen LogP contribution in [0.5, 0.6) is 0 Å². The summed E-state index contributed by atoms with van der Waals surface area (Å²) in [6, 6.07) is 9.59. The standard InChI is InChI=1S/C18H23BrN2O3S2/c1-12(2)10-16(18(22)20-11-14-6-9-17(19)25-14)21-26(23,24)15-7-4-13(3)5-8-15/h4-9,12,16,21H,10-11H2,1-3H3,(H,20,22). The zero-order valence-corrected chi connectivity index (χ0v) is 18.2. The Bertz CT molecular complexity index is 846. The van der Waals surface area contributed by atoms with E-state index in [1.165, 1.54) is 11.3 Å². The molecule has 0 saturated carbocycles. The maximum atomic E-state index is 12.6. The Morgan fingerprint density at radius 3 is 2.35 bits per heavy atom. The molecule has 1 amide bonds. The molecule has 0 fully saturated rings. The lowest BCUT2D eigenvalue weighted by atomic mass is 10.0. The zero-order valence-electron chi connectivity index (χ0n) is 15.0. The van der Waals surface area contributed by atoms with Crippen LogP contribution in [-0.4, -0.2) is 20.4 Å². The van der Waals surface area contributed by atoms with Crippen LogP contribution in [-0.2, 0) is 21.4 Å². The van der Waals surface area contributed by atoms with Crippen molar-refractivity contribution >= 4 is 43.2 Å². The van der Waals surface area contributed by atoms with Crippen molar-refractivity contribution in [3.63, 3.8) is 0 Å². The number of rotatable bonds is 8. The Balaban J connectivity index is 2.10. The number of aryl methyl sites for hydroxylation is 1. The lowest BCUT2D eigenvalue weighted by molar-refractivity contribution is -0.123. The molecule has 142 valence electrons. The molecular weight excluding hydrogens is 436 g/mol. The van der Waals surface area contributed by atoms with E-state index in [1.807, 2.05) is 32.9 Å². The molecule has 1 aromatic heterocycles. The fraction of sp³-hybridized carbons (Fsp3) is 0.389. The van der Waals surface area contributed by atoms with Crippen LogP contribution >= 0.6 is 27.3 Å². The van der Waals surface area contributed by atoms with Gasteiger partial charge in [-0.25, -0.2) is 8.42 Å². The number of benzene rings is 1. The molecule has 0 radical (unpaired) electrons. The molecule has 0 bridgehead atoms. The van der Waals surface area contributed by atoms with E-state index < -0.39 is 16.1 Å². The molecular formula is C18H23BrN2O3S2. The second kappa shape index (κ2) is 9.12. The number of thiophene rings is 1. The van der Waals surface area contributed by atoms with Gasteiger partial charge >= 0.3 is 0 Å². The largest absolute Gasteiger partial charge is 0.350 e. The molecule has 26 heavy (non-hydrogen) atoms. The van der Waals surface area contributed by atoms with Crippen molar-refractivity contribution in [2.24, 2.45) is 5.92 Å². The summed E-state index contributed by atoms with van der Waals surface area (Å²) in [7, 11) is -3.76. The minimum absolute atomic E-state index is 0.159. The van der Waals surface area contributed by atoms with Crippen molar-refractivity contribution in [2.75, 3.05) is 0 Å². The summed E-state index contributed by atoms with van der Waals surface area (Å²) in [5.74, 6) is -0.152. The van der Waals surface area contributed by atoms with Crippen molar-refractivity contribution in [1.29, 1.82) is 0 Å². The molecule has 5 nitrogen and oxygen atoms in total. The van der Waals surface area contributed by atoms with E-state index in [0.29, 0.717) is 13.0 Å². The number of nitrogens with one attached hydrogen (secondary N) is 2.